The number of carbonyl (C=O) groups is 1. The van der Waals surface area contributed by atoms with Crippen LogP contribution in [0.4, 0.5) is 18.3 Å². The zero-order valence-electron chi connectivity index (χ0n) is 14.2. The van der Waals surface area contributed by atoms with Crippen molar-refractivity contribution in [1.29, 1.82) is 0 Å². The van der Waals surface area contributed by atoms with Crippen molar-refractivity contribution in [3.63, 3.8) is 0 Å². The summed E-state index contributed by atoms with van der Waals surface area (Å²) in [6.07, 6.45) is -3.96. The van der Waals surface area contributed by atoms with E-state index in [1.54, 1.807) is 18.2 Å². The molecule has 0 saturated carbocycles. The standard InChI is InChI=1S/C18H9Cl2F3N4OS/c19-9-2-1-3-11(6-9)27-15(18(21,22)23)12(8-24-27)16(28)26-17-25-13-5-4-10(20)7-14(13)29-17/h1-8H,(H,25,26,28). The van der Waals surface area contributed by atoms with E-state index in [0.717, 1.165) is 17.5 Å². The lowest BCUT2D eigenvalue weighted by atomic mass is 10.2. The van der Waals surface area contributed by atoms with Gasteiger partial charge < -0.3 is 0 Å². The molecule has 11 heteroatoms. The maximum atomic E-state index is 13.7. The van der Waals surface area contributed by atoms with Gasteiger partial charge in [-0.2, -0.15) is 18.3 Å². The number of benzene rings is 2. The molecule has 2 heterocycles. The molecule has 148 valence electrons. The molecule has 0 radical (unpaired) electrons. The van der Waals surface area contributed by atoms with Gasteiger partial charge in [0.25, 0.3) is 5.91 Å². The van der Waals surface area contributed by atoms with Crippen LogP contribution < -0.4 is 5.32 Å². The lowest BCUT2D eigenvalue weighted by molar-refractivity contribution is -0.143. The van der Waals surface area contributed by atoms with E-state index < -0.39 is 23.3 Å². The molecular formula is C18H9Cl2F3N4OS. The maximum Gasteiger partial charge on any atom is 0.434 e. The van der Waals surface area contributed by atoms with Crippen molar-refractivity contribution in [1.82, 2.24) is 14.8 Å². The Kier molecular flexibility index (Phi) is 4.97. The van der Waals surface area contributed by atoms with Gasteiger partial charge in [0, 0.05) is 10.0 Å². The van der Waals surface area contributed by atoms with Crippen molar-refractivity contribution in [2.75, 3.05) is 5.32 Å². The van der Waals surface area contributed by atoms with Gasteiger partial charge in [-0.05, 0) is 36.4 Å². The Morgan fingerprint density at radius 3 is 2.59 bits per heavy atom. The van der Waals surface area contributed by atoms with E-state index >= 15 is 0 Å². The van der Waals surface area contributed by atoms with Gasteiger partial charge in [-0.3, -0.25) is 10.1 Å². The number of hydrogen-bond donors (Lipinski definition) is 1. The van der Waals surface area contributed by atoms with Crippen LogP contribution >= 0.6 is 34.5 Å². The van der Waals surface area contributed by atoms with Crippen molar-refractivity contribution >= 4 is 55.8 Å². The van der Waals surface area contributed by atoms with Gasteiger partial charge >= 0.3 is 6.18 Å². The maximum absolute atomic E-state index is 13.7. The molecule has 1 amide bonds. The summed E-state index contributed by atoms with van der Waals surface area (Å²) in [5, 5.41) is 7.03. The fourth-order valence-electron chi connectivity index (χ4n) is 2.71. The number of nitrogens with zero attached hydrogens (tertiary/aromatic N) is 3. The molecule has 0 atom stereocenters. The molecule has 2 aromatic carbocycles. The summed E-state index contributed by atoms with van der Waals surface area (Å²) in [4.78, 5) is 16.8. The highest BCUT2D eigenvalue weighted by molar-refractivity contribution is 7.22. The zero-order valence-corrected chi connectivity index (χ0v) is 16.5. The Balaban J connectivity index is 1.72. The van der Waals surface area contributed by atoms with Gasteiger partial charge in [0.2, 0.25) is 0 Å². The minimum atomic E-state index is -4.83. The number of anilines is 1. The van der Waals surface area contributed by atoms with E-state index in [2.05, 4.69) is 15.4 Å². The van der Waals surface area contributed by atoms with Crippen LogP contribution in [0.25, 0.3) is 15.9 Å². The molecule has 0 aliphatic heterocycles. The predicted molar refractivity (Wildman–Crippen MR) is 106 cm³/mol. The summed E-state index contributed by atoms with van der Waals surface area (Å²) < 4.78 is 42.5. The number of nitrogens with one attached hydrogen (secondary N) is 1. The average molecular weight is 457 g/mol. The minimum absolute atomic E-state index is 0.0819. The Labute approximate surface area is 175 Å². The highest BCUT2D eigenvalue weighted by atomic mass is 35.5. The fourth-order valence-corrected chi connectivity index (χ4v) is 4.03. The van der Waals surface area contributed by atoms with E-state index in [-0.39, 0.29) is 15.8 Å². The molecule has 0 spiro atoms. The van der Waals surface area contributed by atoms with E-state index in [1.165, 1.54) is 24.3 Å². The fraction of sp³-hybridized carbons (Fsp3) is 0.0556. The first-order valence-electron chi connectivity index (χ1n) is 8.01. The van der Waals surface area contributed by atoms with Gasteiger partial charge in [-0.1, -0.05) is 40.6 Å². The Morgan fingerprint density at radius 1 is 1.10 bits per heavy atom. The van der Waals surface area contributed by atoms with Crippen LogP contribution in [-0.4, -0.2) is 20.7 Å². The molecule has 4 rings (SSSR count). The summed E-state index contributed by atoms with van der Waals surface area (Å²) in [5.74, 6) is -0.976. The molecule has 0 unspecified atom stereocenters. The van der Waals surface area contributed by atoms with Crippen molar-refractivity contribution in [3.8, 4) is 5.69 Å². The van der Waals surface area contributed by atoms with Crippen LogP contribution in [0.3, 0.4) is 0 Å². The van der Waals surface area contributed by atoms with Gasteiger partial charge in [0.05, 0.1) is 27.7 Å². The van der Waals surface area contributed by atoms with Crippen LogP contribution in [-0.2, 0) is 6.18 Å². The number of amides is 1. The van der Waals surface area contributed by atoms with Crippen molar-refractivity contribution in [2.45, 2.75) is 6.18 Å². The summed E-state index contributed by atoms with van der Waals surface area (Å²) in [6, 6.07) is 10.7. The van der Waals surface area contributed by atoms with Crippen LogP contribution in [0.2, 0.25) is 10.0 Å². The van der Waals surface area contributed by atoms with Crippen LogP contribution in [0, 0.1) is 0 Å². The number of aromatic nitrogens is 3. The third-order valence-electron chi connectivity index (χ3n) is 3.91. The first-order chi connectivity index (χ1) is 13.7. The molecular weight excluding hydrogens is 448 g/mol. The molecule has 2 aromatic heterocycles. The second kappa shape index (κ2) is 7.33. The number of rotatable bonds is 3. The highest BCUT2D eigenvalue weighted by Crippen LogP contribution is 2.35. The quantitative estimate of drug-likeness (QED) is 0.407. The van der Waals surface area contributed by atoms with Crippen LogP contribution in [0.1, 0.15) is 16.1 Å². The molecule has 1 N–H and O–H groups in total. The average Bonchev–Trinajstić information content (AvgIpc) is 3.24. The zero-order chi connectivity index (χ0) is 20.8. The summed E-state index contributed by atoms with van der Waals surface area (Å²) in [6.45, 7) is 0. The van der Waals surface area contributed by atoms with E-state index in [4.69, 9.17) is 23.2 Å². The first kappa shape index (κ1) is 19.7. The molecule has 0 fully saturated rings. The monoisotopic (exact) mass is 456 g/mol. The Bertz CT molecular complexity index is 1240. The first-order valence-corrected chi connectivity index (χ1v) is 9.58. The molecule has 29 heavy (non-hydrogen) atoms. The summed E-state index contributed by atoms with van der Waals surface area (Å²) in [5.41, 5.74) is -1.19. The topological polar surface area (TPSA) is 59.8 Å². The summed E-state index contributed by atoms with van der Waals surface area (Å²) >= 11 is 12.9. The number of carbonyl (C=O) groups excluding carboxylic acids is 1. The number of alkyl halides is 3. The Hall–Kier alpha value is -2.62. The molecule has 5 nitrogen and oxygen atoms in total. The molecule has 0 aliphatic rings. The molecule has 0 saturated heterocycles. The van der Waals surface area contributed by atoms with E-state index in [0.29, 0.717) is 19.9 Å². The number of hydrogen-bond acceptors (Lipinski definition) is 4. The second-order valence-corrected chi connectivity index (χ2v) is 7.78. The SMILES string of the molecule is O=C(Nc1nc2ccc(Cl)cc2s1)c1cnn(-c2cccc(Cl)c2)c1C(F)(F)F. The van der Waals surface area contributed by atoms with Crippen LogP contribution in [0.5, 0.6) is 0 Å². The van der Waals surface area contributed by atoms with Crippen LogP contribution in [0.15, 0.2) is 48.7 Å². The number of halogens is 5. The van der Waals surface area contributed by atoms with Gasteiger partial charge in [0.1, 0.15) is 0 Å². The highest BCUT2D eigenvalue weighted by Gasteiger charge is 2.40. The predicted octanol–water partition coefficient (Wildman–Crippen LogP) is 6.06. The smallest absolute Gasteiger partial charge is 0.298 e. The molecule has 0 aliphatic carbocycles. The van der Waals surface area contributed by atoms with Crippen molar-refractivity contribution < 1.29 is 18.0 Å². The normalized spacial score (nSPS) is 11.8. The van der Waals surface area contributed by atoms with E-state index in [1.807, 2.05) is 0 Å². The second-order valence-electron chi connectivity index (χ2n) is 5.88. The lowest BCUT2D eigenvalue weighted by Crippen LogP contribution is -2.20. The minimum Gasteiger partial charge on any atom is -0.298 e. The van der Waals surface area contributed by atoms with Gasteiger partial charge in [0.15, 0.2) is 10.8 Å². The third kappa shape index (κ3) is 3.93. The van der Waals surface area contributed by atoms with Gasteiger partial charge in [-0.25, -0.2) is 9.67 Å². The molecule has 0 bridgehead atoms. The summed E-state index contributed by atoms with van der Waals surface area (Å²) in [7, 11) is 0. The van der Waals surface area contributed by atoms with E-state index in [9.17, 15) is 18.0 Å². The van der Waals surface area contributed by atoms with Crippen molar-refractivity contribution in [2.24, 2.45) is 0 Å². The van der Waals surface area contributed by atoms with Gasteiger partial charge in [-0.15, -0.1) is 0 Å². The third-order valence-corrected chi connectivity index (χ3v) is 5.31. The molecule has 4 aromatic rings. The van der Waals surface area contributed by atoms with Crippen molar-refractivity contribution in [3.05, 3.63) is 70.0 Å². The lowest BCUT2D eigenvalue weighted by Gasteiger charge is -2.12. The Morgan fingerprint density at radius 2 is 1.86 bits per heavy atom. The largest absolute Gasteiger partial charge is 0.434 e. The number of thiazole rings is 1. The number of fused-ring (bicyclic) bond motifs is 1.